The van der Waals surface area contributed by atoms with E-state index < -0.39 is 0 Å². The van der Waals surface area contributed by atoms with Gasteiger partial charge in [0.1, 0.15) is 51.1 Å². The number of hydrogen-bond acceptors (Lipinski definition) is 17. The Hall–Kier alpha value is -1.92. The fraction of sp³-hybridized carbons (Fsp3) is 0.711. The molecule has 0 saturated heterocycles. The van der Waals surface area contributed by atoms with Crippen LogP contribution in [0.15, 0.2) is 18.2 Å². The highest BCUT2D eigenvalue weighted by Crippen LogP contribution is 2.28. The van der Waals surface area contributed by atoms with E-state index in [1.807, 2.05) is 11.8 Å². The van der Waals surface area contributed by atoms with Gasteiger partial charge >= 0.3 is 23.9 Å². The van der Waals surface area contributed by atoms with E-state index >= 15 is 0 Å². The Bertz CT molecular complexity index is 1170. The number of hydrogen-bond donors (Lipinski definition) is 0. The van der Waals surface area contributed by atoms with Crippen LogP contribution in [-0.4, -0.2) is 139 Å². The summed E-state index contributed by atoms with van der Waals surface area (Å²) < 4.78 is 38.5. The summed E-state index contributed by atoms with van der Waals surface area (Å²) in [5.41, 5.74) is 0.509. The van der Waals surface area contributed by atoms with E-state index in [2.05, 4.69) is 6.92 Å². The number of Topliss-reactive ketones (excluding diaryl/α,β-unsaturated/α-hetero) is 1. The zero-order valence-corrected chi connectivity index (χ0v) is 37.1. The van der Waals surface area contributed by atoms with Crippen LogP contribution in [0.4, 0.5) is 0 Å². The van der Waals surface area contributed by atoms with Gasteiger partial charge in [0.25, 0.3) is 0 Å². The Morgan fingerprint density at radius 3 is 1.45 bits per heavy atom. The summed E-state index contributed by atoms with van der Waals surface area (Å²) >= 11 is 8.33. The standard InChI is InChI=1S/C38H60O12S5/c1-6-10-44-11-8-17-51-16-7-9-38(43)33-22-34(49-25-36(54-20-14-47-31(4)41)27-52-18-12-45-29(2)39)24-35(23-33)50-26-37(55-21-15-48-32(5)42)28-53-19-13-46-30(3)40/h22-24,36-37H,6-21,25-28H2,1-5H3. The lowest BCUT2D eigenvalue weighted by molar-refractivity contribution is -0.141. The molecule has 0 amide bonds. The average molecular weight is 869 g/mol. The Balaban J connectivity index is 3.05. The second-order valence-electron chi connectivity index (χ2n) is 11.9. The molecule has 0 heterocycles. The maximum atomic E-state index is 13.5. The SMILES string of the molecule is CCCOCCCSCCCC(=O)c1cc(OCC(CSCCOC(C)=O)SCCOC(C)=O)cc(OCC(CSCCOC(C)=O)SCCOC(C)=O)c1. The van der Waals surface area contributed by atoms with E-state index in [0.29, 0.717) is 84.4 Å². The van der Waals surface area contributed by atoms with Crippen LogP contribution >= 0.6 is 58.8 Å². The molecule has 1 aromatic rings. The molecule has 0 aromatic heterocycles. The molecule has 0 bridgehead atoms. The summed E-state index contributed by atoms with van der Waals surface area (Å²) in [6, 6.07) is 5.31. The van der Waals surface area contributed by atoms with Crippen molar-refractivity contribution in [3.8, 4) is 11.5 Å². The first-order chi connectivity index (χ1) is 26.5. The van der Waals surface area contributed by atoms with Gasteiger partial charge in [-0.2, -0.15) is 58.8 Å². The van der Waals surface area contributed by atoms with Crippen LogP contribution in [0.3, 0.4) is 0 Å². The van der Waals surface area contributed by atoms with Crippen LogP contribution in [0, 0.1) is 0 Å². The maximum Gasteiger partial charge on any atom is 0.302 e. The number of rotatable bonds is 35. The summed E-state index contributed by atoms with van der Waals surface area (Å²) in [7, 11) is 0. The highest BCUT2D eigenvalue weighted by molar-refractivity contribution is 8.03. The number of esters is 4. The highest BCUT2D eigenvalue weighted by atomic mass is 32.2. The minimum atomic E-state index is -0.334. The van der Waals surface area contributed by atoms with Crippen molar-refractivity contribution in [2.24, 2.45) is 0 Å². The lowest BCUT2D eigenvalue weighted by Crippen LogP contribution is -2.21. The largest absolute Gasteiger partial charge is 0.492 e. The van der Waals surface area contributed by atoms with Gasteiger partial charge in [-0.05, 0) is 42.9 Å². The lowest BCUT2D eigenvalue weighted by atomic mass is 10.1. The van der Waals surface area contributed by atoms with Crippen molar-refractivity contribution >= 4 is 88.5 Å². The van der Waals surface area contributed by atoms with Crippen molar-refractivity contribution in [2.75, 3.05) is 98.9 Å². The number of carbonyl (C=O) groups excluding carboxylic acids is 5. The lowest BCUT2D eigenvalue weighted by Gasteiger charge is -2.20. The summed E-state index contributed by atoms with van der Waals surface area (Å²) in [4.78, 5) is 58.4. The van der Waals surface area contributed by atoms with Gasteiger partial charge in [-0.1, -0.05) is 6.92 Å². The first-order valence-electron chi connectivity index (χ1n) is 18.5. The van der Waals surface area contributed by atoms with Crippen molar-refractivity contribution in [1.29, 1.82) is 0 Å². The minimum absolute atomic E-state index is 0.00356. The third-order valence-electron chi connectivity index (χ3n) is 6.85. The quantitative estimate of drug-likeness (QED) is 0.0302. The molecule has 1 aromatic carbocycles. The molecule has 17 heteroatoms. The molecule has 55 heavy (non-hydrogen) atoms. The van der Waals surface area contributed by atoms with E-state index in [1.165, 1.54) is 27.7 Å². The first-order valence-corrected chi connectivity index (χ1v) is 24.1. The van der Waals surface area contributed by atoms with Gasteiger partial charge < -0.3 is 33.2 Å². The smallest absolute Gasteiger partial charge is 0.302 e. The second kappa shape index (κ2) is 34.1. The van der Waals surface area contributed by atoms with Crippen molar-refractivity contribution in [1.82, 2.24) is 0 Å². The molecule has 2 atom stereocenters. The van der Waals surface area contributed by atoms with E-state index in [-0.39, 0.29) is 53.4 Å². The van der Waals surface area contributed by atoms with Crippen molar-refractivity contribution in [3.05, 3.63) is 23.8 Å². The van der Waals surface area contributed by atoms with Crippen molar-refractivity contribution < 1.29 is 57.1 Å². The molecule has 0 fully saturated rings. The second-order valence-corrected chi connectivity index (χ2v) is 18.3. The molecule has 0 spiro atoms. The fourth-order valence-electron chi connectivity index (χ4n) is 4.38. The topological polar surface area (TPSA) is 150 Å². The molecule has 0 saturated carbocycles. The molecule has 0 aliphatic carbocycles. The molecule has 314 valence electrons. The third-order valence-corrected chi connectivity index (χ3v) is 13.0. The van der Waals surface area contributed by atoms with Gasteiger partial charge in [-0.3, -0.25) is 24.0 Å². The maximum absolute atomic E-state index is 13.5. The van der Waals surface area contributed by atoms with Gasteiger partial charge in [0.05, 0.1) is 0 Å². The summed E-state index contributed by atoms with van der Waals surface area (Å²) in [5.74, 6) is 5.43. The Kier molecular flexibility index (Phi) is 31.7. The summed E-state index contributed by atoms with van der Waals surface area (Å²) in [6.07, 6.45) is 3.14. The van der Waals surface area contributed by atoms with E-state index in [1.54, 1.807) is 65.2 Å². The van der Waals surface area contributed by atoms with E-state index in [0.717, 1.165) is 44.0 Å². The van der Waals surface area contributed by atoms with Crippen LogP contribution in [0.25, 0.3) is 0 Å². The van der Waals surface area contributed by atoms with Gasteiger partial charge in [-0.25, -0.2) is 0 Å². The normalized spacial score (nSPS) is 12.0. The van der Waals surface area contributed by atoms with Crippen LogP contribution < -0.4 is 9.47 Å². The number of benzene rings is 1. The summed E-state index contributed by atoms with van der Waals surface area (Å²) in [5, 5.41) is 0.0426. The van der Waals surface area contributed by atoms with Crippen molar-refractivity contribution in [3.63, 3.8) is 0 Å². The predicted molar refractivity (Wildman–Crippen MR) is 228 cm³/mol. The van der Waals surface area contributed by atoms with Crippen LogP contribution in [0.1, 0.15) is 70.7 Å². The van der Waals surface area contributed by atoms with E-state index in [4.69, 9.17) is 33.2 Å². The zero-order chi connectivity index (χ0) is 40.5. The third kappa shape index (κ3) is 30.8. The molecule has 0 N–H and O–H groups in total. The predicted octanol–water partition coefficient (Wildman–Crippen LogP) is 6.88. The highest BCUT2D eigenvalue weighted by Gasteiger charge is 2.17. The molecular formula is C38H60O12S5. The van der Waals surface area contributed by atoms with E-state index in [9.17, 15) is 24.0 Å². The molecule has 0 aliphatic rings. The average Bonchev–Trinajstić information content (AvgIpc) is 3.13. The van der Waals surface area contributed by atoms with Gasteiger partial charge in [-0.15, -0.1) is 0 Å². The first kappa shape index (κ1) is 51.1. The Morgan fingerprint density at radius 2 is 1.00 bits per heavy atom. The zero-order valence-electron chi connectivity index (χ0n) is 33.0. The number of thioether (sulfide) groups is 5. The minimum Gasteiger partial charge on any atom is -0.492 e. The molecule has 12 nitrogen and oxygen atoms in total. The molecule has 1 rings (SSSR count). The number of ether oxygens (including phenoxy) is 7. The molecular weight excluding hydrogens is 809 g/mol. The fourth-order valence-corrected chi connectivity index (χ4v) is 9.41. The molecule has 0 radical (unpaired) electrons. The summed E-state index contributed by atoms with van der Waals surface area (Å²) in [6.45, 7) is 11.0. The van der Waals surface area contributed by atoms with Gasteiger partial charge in [0, 0.05) is 104 Å². The number of carbonyl (C=O) groups is 5. The van der Waals surface area contributed by atoms with Crippen molar-refractivity contribution in [2.45, 2.75) is 70.8 Å². The molecule has 0 aliphatic heterocycles. The number of ketones is 1. The van der Waals surface area contributed by atoms with Gasteiger partial charge in [0.15, 0.2) is 5.78 Å². The van der Waals surface area contributed by atoms with Gasteiger partial charge in [0.2, 0.25) is 0 Å². The Labute approximate surface area is 348 Å². The monoisotopic (exact) mass is 868 g/mol. The molecule has 2 unspecified atom stereocenters. The van der Waals surface area contributed by atoms with Crippen LogP contribution in [0.5, 0.6) is 11.5 Å². The Morgan fingerprint density at radius 1 is 0.545 bits per heavy atom. The van der Waals surface area contributed by atoms with Crippen LogP contribution in [-0.2, 0) is 42.9 Å². The van der Waals surface area contributed by atoms with Crippen LogP contribution in [0.2, 0.25) is 0 Å².